The molecule has 2 fully saturated rings. The number of aryl methyl sites for hydroxylation is 1. The Morgan fingerprint density at radius 2 is 1.79 bits per heavy atom. The van der Waals surface area contributed by atoms with E-state index in [0.717, 1.165) is 41.3 Å². The van der Waals surface area contributed by atoms with Gasteiger partial charge in [-0.2, -0.15) is 0 Å². The van der Waals surface area contributed by atoms with Crippen molar-refractivity contribution in [1.82, 2.24) is 14.9 Å². The number of fused-ring (bicyclic) bond motifs is 2. The van der Waals surface area contributed by atoms with Gasteiger partial charge in [-0.1, -0.05) is 32.0 Å². The van der Waals surface area contributed by atoms with E-state index in [1.807, 2.05) is 26.2 Å². The molecule has 0 radical (unpaired) electrons. The van der Waals surface area contributed by atoms with Gasteiger partial charge < -0.3 is 9.80 Å². The van der Waals surface area contributed by atoms with E-state index >= 15 is 0 Å². The number of piperazine rings is 1. The minimum atomic E-state index is 0.0741. The maximum atomic E-state index is 12.0. The van der Waals surface area contributed by atoms with Crippen LogP contribution in [0.4, 0.5) is 5.95 Å². The molecule has 0 N–H and O–H groups in total. The van der Waals surface area contributed by atoms with Crippen LogP contribution in [0.15, 0.2) is 30.6 Å². The van der Waals surface area contributed by atoms with Crippen molar-refractivity contribution in [2.45, 2.75) is 58.5 Å². The molecule has 0 spiro atoms. The third-order valence-corrected chi connectivity index (χ3v) is 6.40. The summed E-state index contributed by atoms with van der Waals surface area (Å²) in [4.78, 5) is 26.5. The number of anilines is 1. The zero-order chi connectivity index (χ0) is 20.5. The van der Waals surface area contributed by atoms with Crippen molar-refractivity contribution in [2.75, 3.05) is 25.0 Å². The van der Waals surface area contributed by atoms with Crippen molar-refractivity contribution in [3.8, 4) is 11.1 Å². The van der Waals surface area contributed by atoms with E-state index < -0.39 is 0 Å². The minimum Gasteiger partial charge on any atom is -0.332 e. The van der Waals surface area contributed by atoms with Gasteiger partial charge in [0.05, 0.1) is 0 Å². The van der Waals surface area contributed by atoms with Crippen LogP contribution in [0.25, 0.3) is 11.1 Å². The molecule has 29 heavy (non-hydrogen) atoms. The fourth-order valence-electron chi connectivity index (χ4n) is 4.80. The third-order valence-electron chi connectivity index (χ3n) is 6.40. The molecular weight excluding hydrogens is 360 g/mol. The Kier molecular flexibility index (Phi) is 5.68. The van der Waals surface area contributed by atoms with Crippen molar-refractivity contribution in [3.63, 3.8) is 0 Å². The van der Waals surface area contributed by atoms with Gasteiger partial charge in [0.25, 0.3) is 0 Å². The normalized spacial score (nSPS) is 22.2. The molecule has 4 rings (SSSR count). The first kappa shape index (κ1) is 20.0. The number of carbonyl (C=O) groups excluding carboxylic acids is 1. The van der Waals surface area contributed by atoms with Crippen molar-refractivity contribution >= 4 is 11.7 Å². The summed E-state index contributed by atoms with van der Waals surface area (Å²) in [5.74, 6) is 1.22. The molecule has 2 aliphatic heterocycles. The van der Waals surface area contributed by atoms with Gasteiger partial charge >= 0.3 is 0 Å². The number of likely N-dealkylation sites (tertiary alicyclic amines) is 1. The average Bonchev–Trinajstić information content (AvgIpc) is 2.67. The minimum absolute atomic E-state index is 0.0741. The van der Waals surface area contributed by atoms with Crippen LogP contribution in [0.5, 0.6) is 0 Å². The predicted octanol–water partition coefficient (Wildman–Crippen LogP) is 3.89. The second kappa shape index (κ2) is 8.23. The van der Waals surface area contributed by atoms with E-state index in [2.05, 4.69) is 42.0 Å². The number of nitrogens with zero attached hydrogens (tertiary/aromatic N) is 4. The zero-order valence-electron chi connectivity index (χ0n) is 18.1. The fraction of sp³-hybridized carbons (Fsp3) is 0.542. The Morgan fingerprint density at radius 3 is 2.38 bits per heavy atom. The molecule has 154 valence electrons. The van der Waals surface area contributed by atoms with E-state index in [4.69, 9.17) is 9.97 Å². The molecule has 0 amide bonds. The fourth-order valence-corrected chi connectivity index (χ4v) is 4.80. The highest BCUT2D eigenvalue weighted by atomic mass is 16.1. The highest BCUT2D eigenvalue weighted by Gasteiger charge is 2.37. The van der Waals surface area contributed by atoms with Crippen LogP contribution in [0, 0.1) is 12.8 Å². The summed E-state index contributed by atoms with van der Waals surface area (Å²) in [6, 6.07) is 7.33. The second-order valence-corrected chi connectivity index (χ2v) is 9.09. The SMILES string of the molecule is Cc1cc(CC(=O)C(C)C)ccc1-c1cnc(N2C3CCCC2CN(C)C3)nc1. The average molecular weight is 393 g/mol. The van der Waals surface area contributed by atoms with Crippen LogP contribution < -0.4 is 4.90 Å². The van der Waals surface area contributed by atoms with Crippen LogP contribution in [-0.2, 0) is 11.2 Å². The molecule has 1 aromatic carbocycles. The van der Waals surface area contributed by atoms with E-state index in [1.54, 1.807) is 0 Å². The van der Waals surface area contributed by atoms with Gasteiger partial charge in [-0.25, -0.2) is 9.97 Å². The van der Waals surface area contributed by atoms with Crippen molar-refractivity contribution in [2.24, 2.45) is 5.92 Å². The summed E-state index contributed by atoms with van der Waals surface area (Å²) >= 11 is 0. The highest BCUT2D eigenvalue weighted by molar-refractivity contribution is 5.83. The van der Waals surface area contributed by atoms with Crippen LogP contribution in [0.2, 0.25) is 0 Å². The smallest absolute Gasteiger partial charge is 0.225 e. The maximum absolute atomic E-state index is 12.0. The molecule has 2 aliphatic rings. The number of aromatic nitrogens is 2. The lowest BCUT2D eigenvalue weighted by molar-refractivity contribution is -0.121. The van der Waals surface area contributed by atoms with E-state index in [0.29, 0.717) is 18.5 Å². The van der Waals surface area contributed by atoms with Crippen molar-refractivity contribution in [3.05, 3.63) is 41.7 Å². The number of hydrogen-bond donors (Lipinski definition) is 0. The molecule has 2 saturated heterocycles. The first-order chi connectivity index (χ1) is 13.9. The maximum Gasteiger partial charge on any atom is 0.225 e. The van der Waals surface area contributed by atoms with Crippen molar-refractivity contribution < 1.29 is 4.79 Å². The summed E-state index contributed by atoms with van der Waals surface area (Å²) in [5, 5.41) is 0. The Morgan fingerprint density at radius 1 is 1.14 bits per heavy atom. The van der Waals surface area contributed by atoms with Crippen LogP contribution in [-0.4, -0.2) is 52.9 Å². The Labute approximate surface area is 174 Å². The number of carbonyl (C=O) groups is 1. The quantitative estimate of drug-likeness (QED) is 0.773. The number of Topliss-reactive ketones (excluding diaryl/α,β-unsaturated/α-hetero) is 1. The molecule has 2 aromatic rings. The second-order valence-electron chi connectivity index (χ2n) is 9.09. The van der Waals surface area contributed by atoms with Gasteiger partial charge in [0.1, 0.15) is 5.78 Å². The van der Waals surface area contributed by atoms with Crippen LogP contribution >= 0.6 is 0 Å². The first-order valence-corrected chi connectivity index (χ1v) is 10.8. The van der Waals surface area contributed by atoms with Gasteiger partial charge in [-0.05, 0) is 49.9 Å². The predicted molar refractivity (Wildman–Crippen MR) is 117 cm³/mol. The van der Waals surface area contributed by atoms with Crippen LogP contribution in [0.1, 0.15) is 44.2 Å². The molecule has 2 unspecified atom stereocenters. The largest absolute Gasteiger partial charge is 0.332 e. The number of piperidine rings is 1. The number of rotatable bonds is 5. The molecule has 2 bridgehead atoms. The van der Waals surface area contributed by atoms with E-state index in [1.165, 1.54) is 19.3 Å². The number of likely N-dealkylation sites (N-methyl/N-ethyl adjacent to an activating group) is 1. The third kappa shape index (κ3) is 4.20. The van der Waals surface area contributed by atoms with Crippen LogP contribution in [0.3, 0.4) is 0 Å². The molecule has 0 aliphatic carbocycles. The standard InChI is InChI=1S/C24H32N4O/c1-16(2)23(29)11-18-8-9-22(17(3)10-18)19-12-25-24(26-13-19)28-20-6-5-7-21(28)15-27(4)14-20/h8-10,12-13,16,20-21H,5-7,11,14-15H2,1-4H3. The zero-order valence-corrected chi connectivity index (χ0v) is 18.1. The molecule has 5 nitrogen and oxygen atoms in total. The summed E-state index contributed by atoms with van der Waals surface area (Å²) in [5.41, 5.74) is 4.41. The Hall–Kier alpha value is -2.27. The molecule has 1 aromatic heterocycles. The molecule has 0 saturated carbocycles. The molecule has 2 atom stereocenters. The molecule has 3 heterocycles. The monoisotopic (exact) mass is 392 g/mol. The Bertz CT molecular complexity index is 863. The number of hydrogen-bond acceptors (Lipinski definition) is 5. The summed E-state index contributed by atoms with van der Waals surface area (Å²) in [7, 11) is 2.22. The first-order valence-electron chi connectivity index (χ1n) is 10.8. The summed E-state index contributed by atoms with van der Waals surface area (Å²) < 4.78 is 0. The van der Waals surface area contributed by atoms with Crippen molar-refractivity contribution in [1.29, 1.82) is 0 Å². The Balaban J connectivity index is 1.53. The van der Waals surface area contributed by atoms with Gasteiger partial charge in [-0.15, -0.1) is 0 Å². The lowest BCUT2D eigenvalue weighted by atomic mass is 9.92. The topological polar surface area (TPSA) is 49.3 Å². The van der Waals surface area contributed by atoms with Gasteiger partial charge in [0, 0.05) is 55.5 Å². The van der Waals surface area contributed by atoms with E-state index in [-0.39, 0.29) is 11.7 Å². The van der Waals surface area contributed by atoms with Gasteiger partial charge in [0.2, 0.25) is 5.95 Å². The van der Waals surface area contributed by atoms with Gasteiger partial charge in [0.15, 0.2) is 0 Å². The number of benzene rings is 1. The van der Waals surface area contributed by atoms with E-state index in [9.17, 15) is 4.79 Å². The lowest BCUT2D eigenvalue weighted by Gasteiger charge is -2.49. The summed E-state index contributed by atoms with van der Waals surface area (Å²) in [6.07, 6.45) is 8.17. The van der Waals surface area contributed by atoms with Gasteiger partial charge in [-0.3, -0.25) is 4.79 Å². The highest BCUT2D eigenvalue weighted by Crippen LogP contribution is 2.32. The summed E-state index contributed by atoms with van der Waals surface area (Å²) in [6.45, 7) is 8.19. The lowest BCUT2D eigenvalue weighted by Crippen LogP contribution is -2.60. The molecular formula is C24H32N4O. The molecule has 5 heteroatoms. The number of ketones is 1.